The highest BCUT2D eigenvalue weighted by Gasteiger charge is 2.26. The average molecular weight is 152 g/mol. The Bertz CT molecular complexity index is 168. The first kappa shape index (κ1) is 7.35. The van der Waals surface area contributed by atoms with Crippen molar-refractivity contribution in [3.05, 3.63) is 11.6 Å². The predicted molar refractivity (Wildman–Crippen MR) is 45.3 cm³/mol. The number of hydrogen-bond donors (Lipinski definition) is 1. The van der Waals surface area contributed by atoms with Crippen LogP contribution in [-0.4, -0.2) is 11.2 Å². The molecule has 1 unspecified atom stereocenters. The van der Waals surface area contributed by atoms with Gasteiger partial charge in [-0.3, -0.25) is 0 Å². The van der Waals surface area contributed by atoms with Crippen molar-refractivity contribution in [3.63, 3.8) is 0 Å². The van der Waals surface area contributed by atoms with E-state index in [2.05, 4.69) is 6.08 Å². The van der Waals surface area contributed by atoms with Gasteiger partial charge in [0.2, 0.25) is 0 Å². The largest absolute Gasteiger partial charge is 0.389 e. The van der Waals surface area contributed by atoms with E-state index in [1.54, 1.807) is 0 Å². The summed E-state index contributed by atoms with van der Waals surface area (Å²) in [5.41, 5.74) is 1.32. The summed E-state index contributed by atoms with van der Waals surface area (Å²) in [6, 6.07) is 0. The van der Waals surface area contributed by atoms with Gasteiger partial charge in [-0.1, -0.05) is 18.9 Å². The molecule has 2 aliphatic carbocycles. The van der Waals surface area contributed by atoms with E-state index in [0.717, 1.165) is 18.8 Å². The van der Waals surface area contributed by atoms with Crippen LogP contribution in [0.5, 0.6) is 0 Å². The van der Waals surface area contributed by atoms with E-state index in [1.165, 1.54) is 31.3 Å². The quantitative estimate of drug-likeness (QED) is 0.615. The molecule has 1 nitrogen and oxygen atoms in total. The Labute approximate surface area is 68.1 Å². The molecule has 1 saturated carbocycles. The molecule has 0 bridgehead atoms. The van der Waals surface area contributed by atoms with Gasteiger partial charge in [0, 0.05) is 0 Å². The molecule has 62 valence electrons. The topological polar surface area (TPSA) is 20.2 Å². The highest BCUT2D eigenvalue weighted by atomic mass is 16.3. The number of allylic oxidation sites excluding steroid dienone is 1. The normalized spacial score (nSPS) is 26.8. The van der Waals surface area contributed by atoms with Gasteiger partial charge in [-0.2, -0.15) is 0 Å². The molecule has 1 heteroatoms. The van der Waals surface area contributed by atoms with E-state index in [1.807, 2.05) is 0 Å². The molecule has 0 radical (unpaired) electrons. The Kier molecular flexibility index (Phi) is 1.99. The molecule has 1 atom stereocenters. The highest BCUT2D eigenvalue weighted by Crippen LogP contribution is 2.36. The highest BCUT2D eigenvalue weighted by molar-refractivity contribution is 5.13. The monoisotopic (exact) mass is 152 g/mol. The number of rotatable bonds is 3. The fourth-order valence-electron chi connectivity index (χ4n) is 1.82. The SMILES string of the molecule is OC(CC1CC1)C1=CCCC1. The van der Waals surface area contributed by atoms with E-state index >= 15 is 0 Å². The molecule has 1 fully saturated rings. The van der Waals surface area contributed by atoms with Gasteiger partial charge >= 0.3 is 0 Å². The molecule has 0 aromatic heterocycles. The van der Waals surface area contributed by atoms with Crippen molar-refractivity contribution in [1.82, 2.24) is 0 Å². The maximum absolute atomic E-state index is 9.69. The van der Waals surface area contributed by atoms with Gasteiger partial charge in [0.05, 0.1) is 6.10 Å². The Morgan fingerprint density at radius 1 is 1.55 bits per heavy atom. The van der Waals surface area contributed by atoms with Crippen molar-refractivity contribution in [2.24, 2.45) is 5.92 Å². The smallest absolute Gasteiger partial charge is 0.0752 e. The minimum Gasteiger partial charge on any atom is -0.389 e. The molecule has 0 aliphatic heterocycles. The second kappa shape index (κ2) is 2.98. The number of aliphatic hydroxyl groups excluding tert-OH is 1. The first-order valence-electron chi connectivity index (χ1n) is 4.73. The van der Waals surface area contributed by atoms with Crippen molar-refractivity contribution in [2.75, 3.05) is 0 Å². The van der Waals surface area contributed by atoms with Crippen LogP contribution in [0.1, 0.15) is 38.5 Å². The van der Waals surface area contributed by atoms with E-state index in [0.29, 0.717) is 0 Å². The number of aliphatic hydroxyl groups is 1. The van der Waals surface area contributed by atoms with Gasteiger partial charge in [-0.05, 0) is 37.2 Å². The molecule has 0 saturated heterocycles. The molecule has 11 heavy (non-hydrogen) atoms. The maximum atomic E-state index is 9.69. The lowest BCUT2D eigenvalue weighted by atomic mass is 10.0. The lowest BCUT2D eigenvalue weighted by Gasteiger charge is -2.10. The van der Waals surface area contributed by atoms with Crippen molar-refractivity contribution in [1.29, 1.82) is 0 Å². The van der Waals surface area contributed by atoms with Gasteiger partial charge in [0.15, 0.2) is 0 Å². The molecule has 2 aliphatic rings. The van der Waals surface area contributed by atoms with Crippen molar-refractivity contribution < 1.29 is 5.11 Å². The predicted octanol–water partition coefficient (Wildman–Crippen LogP) is 2.26. The van der Waals surface area contributed by atoms with Gasteiger partial charge in [-0.25, -0.2) is 0 Å². The first-order valence-corrected chi connectivity index (χ1v) is 4.73. The standard InChI is InChI=1S/C10H16O/c11-10(7-8-5-6-8)9-3-1-2-4-9/h3,8,10-11H,1-2,4-7H2. The van der Waals surface area contributed by atoms with Crippen LogP contribution in [0.2, 0.25) is 0 Å². The first-order chi connectivity index (χ1) is 5.36. The molecule has 0 amide bonds. The van der Waals surface area contributed by atoms with Gasteiger partial charge in [0.1, 0.15) is 0 Å². The van der Waals surface area contributed by atoms with E-state index in [9.17, 15) is 5.11 Å². The molecule has 0 aromatic rings. The third-order valence-corrected chi connectivity index (χ3v) is 2.76. The fourth-order valence-corrected chi connectivity index (χ4v) is 1.82. The number of hydrogen-bond acceptors (Lipinski definition) is 1. The summed E-state index contributed by atoms with van der Waals surface area (Å²) in [7, 11) is 0. The Balaban J connectivity index is 1.82. The van der Waals surface area contributed by atoms with Crippen LogP contribution in [0.4, 0.5) is 0 Å². The zero-order valence-electron chi connectivity index (χ0n) is 6.92. The summed E-state index contributed by atoms with van der Waals surface area (Å²) in [6.07, 6.45) is 9.47. The maximum Gasteiger partial charge on any atom is 0.0752 e. The van der Waals surface area contributed by atoms with Gasteiger partial charge in [-0.15, -0.1) is 0 Å². The Morgan fingerprint density at radius 3 is 2.91 bits per heavy atom. The van der Waals surface area contributed by atoms with Crippen LogP contribution in [-0.2, 0) is 0 Å². The molecule has 0 heterocycles. The van der Waals surface area contributed by atoms with E-state index < -0.39 is 0 Å². The summed E-state index contributed by atoms with van der Waals surface area (Å²) >= 11 is 0. The minimum atomic E-state index is -0.0926. The third-order valence-electron chi connectivity index (χ3n) is 2.76. The fraction of sp³-hybridized carbons (Fsp3) is 0.800. The zero-order chi connectivity index (χ0) is 7.68. The second-order valence-corrected chi connectivity index (χ2v) is 3.87. The lowest BCUT2D eigenvalue weighted by molar-refractivity contribution is 0.190. The summed E-state index contributed by atoms with van der Waals surface area (Å²) in [5, 5.41) is 9.69. The molecule has 0 spiro atoms. The van der Waals surface area contributed by atoms with Crippen LogP contribution in [0, 0.1) is 5.92 Å². The zero-order valence-corrected chi connectivity index (χ0v) is 6.92. The minimum absolute atomic E-state index is 0.0926. The van der Waals surface area contributed by atoms with Crippen LogP contribution >= 0.6 is 0 Å². The van der Waals surface area contributed by atoms with Gasteiger partial charge < -0.3 is 5.11 Å². The van der Waals surface area contributed by atoms with Crippen molar-refractivity contribution in [3.8, 4) is 0 Å². The molecule has 0 aromatic carbocycles. The molecular formula is C10H16O. The summed E-state index contributed by atoms with van der Waals surface area (Å²) in [6.45, 7) is 0. The summed E-state index contributed by atoms with van der Waals surface area (Å²) in [5.74, 6) is 0.853. The Morgan fingerprint density at radius 2 is 2.36 bits per heavy atom. The molecular weight excluding hydrogens is 136 g/mol. The van der Waals surface area contributed by atoms with Crippen LogP contribution in [0.15, 0.2) is 11.6 Å². The lowest BCUT2D eigenvalue weighted by Crippen LogP contribution is -2.09. The van der Waals surface area contributed by atoms with Crippen LogP contribution in [0.25, 0.3) is 0 Å². The summed E-state index contributed by atoms with van der Waals surface area (Å²) in [4.78, 5) is 0. The van der Waals surface area contributed by atoms with E-state index in [4.69, 9.17) is 0 Å². The molecule has 1 N–H and O–H groups in total. The van der Waals surface area contributed by atoms with Crippen LogP contribution in [0.3, 0.4) is 0 Å². The average Bonchev–Trinajstić information content (AvgIpc) is 2.67. The van der Waals surface area contributed by atoms with Crippen molar-refractivity contribution >= 4 is 0 Å². The Hall–Kier alpha value is -0.300. The van der Waals surface area contributed by atoms with Crippen molar-refractivity contribution in [2.45, 2.75) is 44.6 Å². The van der Waals surface area contributed by atoms with Gasteiger partial charge in [0.25, 0.3) is 0 Å². The van der Waals surface area contributed by atoms with Crippen LogP contribution < -0.4 is 0 Å². The van der Waals surface area contributed by atoms with E-state index in [-0.39, 0.29) is 6.10 Å². The second-order valence-electron chi connectivity index (χ2n) is 3.87. The third kappa shape index (κ3) is 1.84. The summed E-state index contributed by atoms with van der Waals surface area (Å²) < 4.78 is 0. The molecule has 2 rings (SSSR count).